The molecule has 4 rings (SSSR count). The van der Waals surface area contributed by atoms with Crippen LogP contribution in [-0.2, 0) is 12.7 Å². The van der Waals surface area contributed by atoms with E-state index in [1.165, 1.54) is 12.1 Å². The number of aromatic nitrogens is 2. The Balaban J connectivity index is 1.69. The van der Waals surface area contributed by atoms with E-state index in [4.69, 9.17) is 0 Å². The van der Waals surface area contributed by atoms with Crippen molar-refractivity contribution in [3.63, 3.8) is 0 Å². The molecule has 148 valence electrons. The first-order valence-electron chi connectivity index (χ1n) is 9.44. The lowest BCUT2D eigenvalue weighted by Crippen LogP contribution is -2.25. The maximum atomic E-state index is 13.7. The Labute approximate surface area is 167 Å². The number of nitrogens with zero attached hydrogens (tertiary/aromatic N) is 2. The largest absolute Gasteiger partial charge is 0.418 e. The van der Waals surface area contributed by atoms with Crippen LogP contribution in [0.1, 0.15) is 51.6 Å². The van der Waals surface area contributed by atoms with Crippen molar-refractivity contribution in [1.82, 2.24) is 15.3 Å². The molecule has 0 bridgehead atoms. The lowest BCUT2D eigenvalue weighted by molar-refractivity contribution is -0.136. The van der Waals surface area contributed by atoms with E-state index in [9.17, 15) is 18.0 Å². The van der Waals surface area contributed by atoms with E-state index in [-0.39, 0.29) is 23.7 Å². The first-order chi connectivity index (χ1) is 13.7. The SMILES string of the molecule is Bc1ccc(CNC(=O)c2cc(C)c3cc(C4CC4)cc(C(F)(F)F)c3n2)nc1. The van der Waals surface area contributed by atoms with Gasteiger partial charge in [0.05, 0.1) is 23.3 Å². The number of amides is 1. The predicted octanol–water partition coefficient (Wildman–Crippen LogP) is 3.02. The molecule has 1 saturated carbocycles. The number of benzene rings is 1. The summed E-state index contributed by atoms with van der Waals surface area (Å²) >= 11 is 0. The number of hydrogen-bond donors (Lipinski definition) is 1. The van der Waals surface area contributed by atoms with Crippen LogP contribution < -0.4 is 10.8 Å². The van der Waals surface area contributed by atoms with Crippen molar-refractivity contribution < 1.29 is 18.0 Å². The summed E-state index contributed by atoms with van der Waals surface area (Å²) in [4.78, 5) is 20.8. The second-order valence-corrected chi connectivity index (χ2v) is 7.57. The number of aryl methyl sites for hydroxylation is 1. The van der Waals surface area contributed by atoms with Crippen LogP contribution in [0.25, 0.3) is 10.9 Å². The van der Waals surface area contributed by atoms with Gasteiger partial charge in [-0.05, 0) is 61.1 Å². The zero-order valence-corrected chi connectivity index (χ0v) is 16.1. The Hall–Kier alpha value is -2.90. The van der Waals surface area contributed by atoms with Crippen molar-refractivity contribution in [2.24, 2.45) is 0 Å². The summed E-state index contributed by atoms with van der Waals surface area (Å²) in [6, 6.07) is 8.17. The highest BCUT2D eigenvalue weighted by Gasteiger charge is 2.36. The van der Waals surface area contributed by atoms with Crippen LogP contribution in [0.4, 0.5) is 13.2 Å². The molecule has 1 aromatic carbocycles. The van der Waals surface area contributed by atoms with Crippen LogP contribution in [-0.4, -0.2) is 23.7 Å². The van der Waals surface area contributed by atoms with Gasteiger partial charge in [-0.1, -0.05) is 11.5 Å². The molecule has 1 fully saturated rings. The van der Waals surface area contributed by atoms with E-state index in [0.717, 1.165) is 18.3 Å². The third kappa shape index (κ3) is 4.11. The summed E-state index contributed by atoms with van der Waals surface area (Å²) in [5, 5.41) is 3.12. The molecule has 1 aliphatic carbocycles. The van der Waals surface area contributed by atoms with Crippen molar-refractivity contribution in [3.05, 3.63) is 64.6 Å². The number of nitrogens with one attached hydrogen (secondary N) is 1. The quantitative estimate of drug-likeness (QED) is 0.689. The smallest absolute Gasteiger partial charge is 0.345 e. The van der Waals surface area contributed by atoms with Gasteiger partial charge in [0.15, 0.2) is 0 Å². The summed E-state index contributed by atoms with van der Waals surface area (Å²) in [5.41, 5.74) is 1.95. The molecule has 3 aromatic rings. The molecule has 0 spiro atoms. The normalized spacial score (nSPS) is 14.2. The number of carbonyl (C=O) groups is 1. The molecule has 0 aliphatic heterocycles. The van der Waals surface area contributed by atoms with Crippen molar-refractivity contribution >= 4 is 30.1 Å². The van der Waals surface area contributed by atoms with Gasteiger partial charge in [-0.2, -0.15) is 13.2 Å². The Bertz CT molecular complexity index is 1090. The van der Waals surface area contributed by atoms with Crippen LogP contribution >= 0.6 is 0 Å². The Kier molecular flexibility index (Phi) is 4.80. The zero-order valence-electron chi connectivity index (χ0n) is 16.1. The maximum absolute atomic E-state index is 13.7. The minimum absolute atomic E-state index is 0.0354. The van der Waals surface area contributed by atoms with Crippen molar-refractivity contribution in [3.8, 4) is 0 Å². The summed E-state index contributed by atoms with van der Waals surface area (Å²) in [6.07, 6.45) is -1.04. The molecule has 2 heterocycles. The molecule has 8 heteroatoms. The molecule has 0 atom stereocenters. The van der Waals surface area contributed by atoms with E-state index in [1.807, 2.05) is 13.9 Å². The molecule has 29 heavy (non-hydrogen) atoms. The van der Waals surface area contributed by atoms with E-state index >= 15 is 0 Å². The lowest BCUT2D eigenvalue weighted by Gasteiger charge is -2.15. The van der Waals surface area contributed by atoms with Crippen molar-refractivity contribution in [2.45, 2.75) is 38.4 Å². The average Bonchev–Trinajstić information content (AvgIpc) is 3.51. The van der Waals surface area contributed by atoms with Crippen LogP contribution in [0.5, 0.6) is 0 Å². The van der Waals surface area contributed by atoms with Gasteiger partial charge in [0, 0.05) is 11.6 Å². The Morgan fingerprint density at radius 1 is 1.24 bits per heavy atom. The number of rotatable bonds is 4. The number of halogens is 3. The number of alkyl halides is 3. The molecule has 0 saturated heterocycles. The molecule has 1 amide bonds. The second kappa shape index (κ2) is 7.17. The minimum atomic E-state index is -4.54. The van der Waals surface area contributed by atoms with Crippen molar-refractivity contribution in [2.75, 3.05) is 0 Å². The molecular formula is C21H19BF3N3O. The van der Waals surface area contributed by atoms with Gasteiger partial charge in [0.25, 0.3) is 5.91 Å². The number of carbonyl (C=O) groups excluding carboxylic acids is 1. The molecule has 2 aromatic heterocycles. The summed E-state index contributed by atoms with van der Waals surface area (Å²) in [6.45, 7) is 1.88. The first-order valence-corrected chi connectivity index (χ1v) is 9.44. The highest BCUT2D eigenvalue weighted by Crippen LogP contribution is 2.44. The van der Waals surface area contributed by atoms with Gasteiger partial charge >= 0.3 is 6.18 Å². The van der Waals surface area contributed by atoms with Crippen LogP contribution in [0, 0.1) is 6.92 Å². The summed E-state index contributed by atoms with van der Waals surface area (Å²) in [5.74, 6) is -0.346. The standard InChI is InChI=1S/C21H19BF3N3O/c1-11-6-18(20(29)27-10-15-5-4-14(22)9-26-15)28-19-16(11)7-13(12-2-3-12)8-17(19)21(23,24)25/h4-9,12H,2-3,10,22H2,1H3,(H,27,29). The van der Waals surface area contributed by atoms with Gasteiger partial charge in [0.2, 0.25) is 0 Å². The fourth-order valence-corrected chi connectivity index (χ4v) is 3.36. The van der Waals surface area contributed by atoms with Gasteiger partial charge in [-0.3, -0.25) is 9.78 Å². The Morgan fingerprint density at radius 3 is 2.62 bits per heavy atom. The maximum Gasteiger partial charge on any atom is 0.418 e. The fraction of sp³-hybridized carbons (Fsp3) is 0.286. The highest BCUT2D eigenvalue weighted by atomic mass is 19.4. The monoisotopic (exact) mass is 397 g/mol. The third-order valence-corrected chi connectivity index (χ3v) is 5.13. The lowest BCUT2D eigenvalue weighted by atomic mass is 9.98. The molecule has 4 nitrogen and oxygen atoms in total. The second-order valence-electron chi connectivity index (χ2n) is 7.57. The zero-order chi connectivity index (χ0) is 20.8. The average molecular weight is 397 g/mol. The van der Waals surface area contributed by atoms with Crippen LogP contribution in [0.2, 0.25) is 0 Å². The van der Waals surface area contributed by atoms with Crippen LogP contribution in [0.3, 0.4) is 0 Å². The molecule has 0 radical (unpaired) electrons. The predicted molar refractivity (Wildman–Crippen MR) is 107 cm³/mol. The van der Waals surface area contributed by atoms with E-state index in [1.54, 1.807) is 25.3 Å². The van der Waals surface area contributed by atoms with E-state index < -0.39 is 17.6 Å². The van der Waals surface area contributed by atoms with Crippen molar-refractivity contribution in [1.29, 1.82) is 0 Å². The fourth-order valence-electron chi connectivity index (χ4n) is 3.36. The van der Waals surface area contributed by atoms with Gasteiger partial charge in [0.1, 0.15) is 13.5 Å². The highest BCUT2D eigenvalue weighted by molar-refractivity contribution is 6.32. The van der Waals surface area contributed by atoms with E-state index in [2.05, 4.69) is 15.3 Å². The molecular weight excluding hydrogens is 378 g/mol. The Morgan fingerprint density at radius 2 is 2.00 bits per heavy atom. The summed E-state index contributed by atoms with van der Waals surface area (Å²) < 4.78 is 41.1. The molecule has 1 aliphatic rings. The minimum Gasteiger partial charge on any atom is -0.345 e. The third-order valence-electron chi connectivity index (χ3n) is 5.13. The summed E-state index contributed by atoms with van der Waals surface area (Å²) in [7, 11) is 1.91. The van der Waals surface area contributed by atoms with E-state index in [0.29, 0.717) is 22.2 Å². The molecule has 0 unspecified atom stereocenters. The first kappa shape index (κ1) is 19.4. The number of hydrogen-bond acceptors (Lipinski definition) is 3. The van der Waals surface area contributed by atoms with Gasteiger partial charge in [-0.25, -0.2) is 4.98 Å². The van der Waals surface area contributed by atoms with Gasteiger partial charge in [-0.15, -0.1) is 0 Å². The van der Waals surface area contributed by atoms with Crippen LogP contribution in [0.15, 0.2) is 36.5 Å². The number of pyridine rings is 2. The number of fused-ring (bicyclic) bond motifs is 1. The molecule has 1 N–H and O–H groups in total. The van der Waals surface area contributed by atoms with Gasteiger partial charge < -0.3 is 5.32 Å². The topological polar surface area (TPSA) is 54.9 Å².